The van der Waals surface area contributed by atoms with Gasteiger partial charge in [0.2, 0.25) is 5.91 Å². The fraction of sp³-hybridized carbons (Fsp3) is 0.421. The van der Waals surface area contributed by atoms with Crippen molar-refractivity contribution >= 4 is 23.2 Å². The van der Waals surface area contributed by atoms with Crippen LogP contribution in [0.3, 0.4) is 0 Å². The zero-order valence-corrected chi connectivity index (χ0v) is 14.7. The van der Waals surface area contributed by atoms with E-state index in [1.807, 2.05) is 18.2 Å². The lowest BCUT2D eigenvalue weighted by atomic mass is 9.99. The first-order valence-corrected chi connectivity index (χ1v) is 8.71. The van der Waals surface area contributed by atoms with Crippen molar-refractivity contribution in [2.45, 2.75) is 32.6 Å². The fourth-order valence-corrected chi connectivity index (χ4v) is 2.75. The molecule has 1 amide bonds. The van der Waals surface area contributed by atoms with Gasteiger partial charge in [-0.25, -0.2) is 0 Å². The number of hydrogen-bond donors (Lipinski definition) is 2. The molecule has 0 aliphatic carbocycles. The number of anilines is 3. The number of aromatic nitrogens is 2. The Labute approximate surface area is 148 Å². The van der Waals surface area contributed by atoms with E-state index in [1.165, 1.54) is 5.56 Å². The van der Waals surface area contributed by atoms with Gasteiger partial charge in [-0.3, -0.25) is 4.79 Å². The molecule has 1 saturated heterocycles. The van der Waals surface area contributed by atoms with Gasteiger partial charge in [0.05, 0.1) is 0 Å². The highest BCUT2D eigenvalue weighted by molar-refractivity contribution is 5.91. The van der Waals surface area contributed by atoms with Gasteiger partial charge in [0.25, 0.3) is 0 Å². The zero-order valence-electron chi connectivity index (χ0n) is 14.7. The minimum Gasteiger partial charge on any atom is -0.381 e. The molecule has 1 aliphatic heterocycles. The van der Waals surface area contributed by atoms with Crippen LogP contribution >= 0.6 is 0 Å². The van der Waals surface area contributed by atoms with Crippen LogP contribution in [0.5, 0.6) is 0 Å². The van der Waals surface area contributed by atoms with Crippen LogP contribution in [-0.4, -0.2) is 29.3 Å². The van der Waals surface area contributed by atoms with Crippen LogP contribution < -0.4 is 10.6 Å². The maximum absolute atomic E-state index is 12.2. The van der Waals surface area contributed by atoms with E-state index in [9.17, 15) is 4.79 Å². The molecule has 1 aromatic carbocycles. The van der Waals surface area contributed by atoms with E-state index >= 15 is 0 Å². The topological polar surface area (TPSA) is 76.1 Å². The van der Waals surface area contributed by atoms with Crippen molar-refractivity contribution in [1.29, 1.82) is 0 Å². The fourth-order valence-electron chi connectivity index (χ4n) is 2.75. The number of rotatable bonds is 5. The van der Waals surface area contributed by atoms with Crippen molar-refractivity contribution in [2.24, 2.45) is 5.92 Å². The van der Waals surface area contributed by atoms with E-state index in [1.54, 1.807) is 6.07 Å². The van der Waals surface area contributed by atoms with Crippen LogP contribution in [0, 0.1) is 5.92 Å². The second-order valence-corrected chi connectivity index (χ2v) is 6.58. The zero-order chi connectivity index (χ0) is 17.6. The second kappa shape index (κ2) is 8.07. The quantitative estimate of drug-likeness (QED) is 0.868. The van der Waals surface area contributed by atoms with Crippen LogP contribution in [0.4, 0.5) is 17.3 Å². The average Bonchev–Trinajstić information content (AvgIpc) is 2.64. The highest BCUT2D eigenvalue weighted by Crippen LogP contribution is 2.20. The molecule has 0 saturated carbocycles. The lowest BCUT2D eigenvalue weighted by Gasteiger charge is -2.20. The van der Waals surface area contributed by atoms with Gasteiger partial charge in [0.15, 0.2) is 11.6 Å². The van der Waals surface area contributed by atoms with E-state index in [0.717, 1.165) is 18.5 Å². The third kappa shape index (κ3) is 4.76. The highest BCUT2D eigenvalue weighted by Gasteiger charge is 2.21. The molecule has 0 radical (unpaired) electrons. The van der Waals surface area contributed by atoms with Gasteiger partial charge in [-0.15, -0.1) is 10.2 Å². The molecule has 2 N–H and O–H groups in total. The number of benzene rings is 1. The lowest BCUT2D eigenvalue weighted by molar-refractivity contribution is -0.122. The van der Waals surface area contributed by atoms with Crippen molar-refractivity contribution in [3.63, 3.8) is 0 Å². The standard InChI is InChI=1S/C19H24N4O2/c1-13(2)14-3-5-16(6-4-14)20-17-7-8-18(23-22-17)21-19(24)15-9-11-25-12-10-15/h3-8,13,15H,9-12H2,1-2H3,(H,20,22)(H,21,23,24). The Morgan fingerprint density at radius 3 is 2.28 bits per heavy atom. The Hall–Kier alpha value is -2.47. The third-order valence-corrected chi connectivity index (χ3v) is 4.36. The Morgan fingerprint density at radius 2 is 1.68 bits per heavy atom. The molecule has 0 bridgehead atoms. The molecule has 132 valence electrons. The van der Waals surface area contributed by atoms with Crippen molar-refractivity contribution in [2.75, 3.05) is 23.8 Å². The van der Waals surface area contributed by atoms with Gasteiger partial charge in [-0.05, 0) is 48.6 Å². The molecule has 0 spiro atoms. The maximum Gasteiger partial charge on any atom is 0.228 e. The first-order chi connectivity index (χ1) is 12.1. The van der Waals surface area contributed by atoms with Crippen LogP contribution in [0.15, 0.2) is 36.4 Å². The summed E-state index contributed by atoms with van der Waals surface area (Å²) in [6.45, 7) is 5.62. The maximum atomic E-state index is 12.2. The van der Waals surface area contributed by atoms with Gasteiger partial charge < -0.3 is 15.4 Å². The van der Waals surface area contributed by atoms with Gasteiger partial charge in [-0.1, -0.05) is 26.0 Å². The van der Waals surface area contributed by atoms with Crippen LogP contribution in [0.2, 0.25) is 0 Å². The Kier molecular flexibility index (Phi) is 5.60. The van der Waals surface area contributed by atoms with Crippen molar-refractivity contribution < 1.29 is 9.53 Å². The SMILES string of the molecule is CC(C)c1ccc(Nc2ccc(NC(=O)C3CCOCC3)nn2)cc1. The molecule has 2 heterocycles. The molecule has 0 unspecified atom stereocenters. The molecule has 25 heavy (non-hydrogen) atoms. The van der Waals surface area contributed by atoms with E-state index < -0.39 is 0 Å². The molecule has 6 nitrogen and oxygen atoms in total. The summed E-state index contributed by atoms with van der Waals surface area (Å²) in [4.78, 5) is 12.2. The summed E-state index contributed by atoms with van der Waals surface area (Å²) in [7, 11) is 0. The summed E-state index contributed by atoms with van der Waals surface area (Å²) < 4.78 is 5.28. The Morgan fingerprint density at radius 1 is 1.04 bits per heavy atom. The van der Waals surface area contributed by atoms with Crippen molar-refractivity contribution in [1.82, 2.24) is 10.2 Å². The normalized spacial score (nSPS) is 15.2. The molecular formula is C19H24N4O2. The number of nitrogens with zero attached hydrogens (tertiary/aromatic N) is 2. The van der Waals surface area contributed by atoms with E-state index in [-0.39, 0.29) is 11.8 Å². The van der Waals surface area contributed by atoms with Gasteiger partial charge in [0, 0.05) is 24.8 Å². The molecule has 1 aromatic heterocycles. The summed E-state index contributed by atoms with van der Waals surface area (Å²) >= 11 is 0. The predicted molar refractivity (Wildman–Crippen MR) is 98.0 cm³/mol. The summed E-state index contributed by atoms with van der Waals surface area (Å²) in [5.74, 6) is 1.60. The summed E-state index contributed by atoms with van der Waals surface area (Å²) in [6.07, 6.45) is 1.51. The van der Waals surface area contributed by atoms with Crippen molar-refractivity contribution in [3.8, 4) is 0 Å². The molecule has 1 aliphatic rings. The third-order valence-electron chi connectivity index (χ3n) is 4.36. The number of hydrogen-bond acceptors (Lipinski definition) is 5. The summed E-state index contributed by atoms with van der Waals surface area (Å²) in [5, 5.41) is 14.2. The molecule has 1 fully saturated rings. The Balaban J connectivity index is 1.57. The van der Waals surface area contributed by atoms with Gasteiger partial charge >= 0.3 is 0 Å². The number of carbonyl (C=O) groups is 1. The number of carbonyl (C=O) groups excluding carboxylic acids is 1. The highest BCUT2D eigenvalue weighted by atomic mass is 16.5. The summed E-state index contributed by atoms with van der Waals surface area (Å²) in [6, 6.07) is 11.8. The molecule has 6 heteroatoms. The number of nitrogens with one attached hydrogen (secondary N) is 2. The van der Waals surface area contributed by atoms with E-state index in [0.29, 0.717) is 30.8 Å². The van der Waals surface area contributed by atoms with Crippen LogP contribution in [-0.2, 0) is 9.53 Å². The molecule has 2 aromatic rings. The second-order valence-electron chi connectivity index (χ2n) is 6.58. The monoisotopic (exact) mass is 340 g/mol. The average molecular weight is 340 g/mol. The van der Waals surface area contributed by atoms with E-state index in [2.05, 4.69) is 46.8 Å². The van der Waals surface area contributed by atoms with Gasteiger partial charge in [0.1, 0.15) is 0 Å². The predicted octanol–water partition coefficient (Wildman–Crippen LogP) is 3.71. The number of ether oxygens (including phenoxy) is 1. The first-order valence-electron chi connectivity index (χ1n) is 8.71. The largest absolute Gasteiger partial charge is 0.381 e. The van der Waals surface area contributed by atoms with Crippen LogP contribution in [0.1, 0.15) is 38.2 Å². The molecule has 3 rings (SSSR count). The van der Waals surface area contributed by atoms with Crippen molar-refractivity contribution in [3.05, 3.63) is 42.0 Å². The van der Waals surface area contributed by atoms with Crippen LogP contribution in [0.25, 0.3) is 0 Å². The molecular weight excluding hydrogens is 316 g/mol. The van der Waals surface area contributed by atoms with Gasteiger partial charge in [-0.2, -0.15) is 0 Å². The summed E-state index contributed by atoms with van der Waals surface area (Å²) in [5.41, 5.74) is 2.25. The number of amides is 1. The molecule has 0 atom stereocenters. The lowest BCUT2D eigenvalue weighted by Crippen LogP contribution is -2.28. The Bertz CT molecular complexity index is 692. The minimum absolute atomic E-state index is 0.00665. The first kappa shape index (κ1) is 17.4. The van der Waals surface area contributed by atoms with E-state index in [4.69, 9.17) is 4.74 Å². The minimum atomic E-state index is -0.0115. The smallest absolute Gasteiger partial charge is 0.228 e.